The van der Waals surface area contributed by atoms with Gasteiger partial charge in [-0.3, -0.25) is 9.59 Å². The Labute approximate surface area is 185 Å². The number of ether oxygens (including phenoxy) is 1. The van der Waals surface area contributed by atoms with Crippen LogP contribution in [-0.4, -0.2) is 55.0 Å². The van der Waals surface area contributed by atoms with E-state index in [1.54, 1.807) is 48.9 Å². The molecule has 1 aliphatic rings. The van der Waals surface area contributed by atoms with Crippen molar-refractivity contribution in [2.75, 3.05) is 38.2 Å². The van der Waals surface area contributed by atoms with Crippen LogP contribution < -0.4 is 15.0 Å². The zero-order valence-electron chi connectivity index (χ0n) is 17.3. The van der Waals surface area contributed by atoms with Crippen molar-refractivity contribution in [2.24, 2.45) is 0 Å². The van der Waals surface area contributed by atoms with Gasteiger partial charge in [-0.25, -0.2) is 4.98 Å². The number of amides is 2. The number of piperazine rings is 1. The van der Waals surface area contributed by atoms with E-state index in [1.807, 2.05) is 34.5 Å². The van der Waals surface area contributed by atoms with Gasteiger partial charge in [0, 0.05) is 37.3 Å². The van der Waals surface area contributed by atoms with Crippen molar-refractivity contribution in [3.8, 4) is 5.75 Å². The molecule has 0 bridgehead atoms. The lowest BCUT2D eigenvalue weighted by Crippen LogP contribution is -2.49. The molecule has 0 saturated carbocycles. The summed E-state index contributed by atoms with van der Waals surface area (Å²) in [6, 6.07) is 14.8. The zero-order valence-corrected chi connectivity index (χ0v) is 18.1. The van der Waals surface area contributed by atoms with Crippen LogP contribution in [0.25, 0.3) is 0 Å². The van der Waals surface area contributed by atoms with Crippen LogP contribution in [0.5, 0.6) is 5.75 Å². The molecule has 3 aromatic rings. The van der Waals surface area contributed by atoms with E-state index in [9.17, 15) is 9.59 Å². The van der Waals surface area contributed by atoms with E-state index in [1.165, 1.54) is 0 Å². The molecule has 160 valence electrons. The average molecular weight is 437 g/mol. The summed E-state index contributed by atoms with van der Waals surface area (Å²) in [5, 5.41) is 4.96. The van der Waals surface area contributed by atoms with Crippen molar-refractivity contribution in [2.45, 2.75) is 6.54 Å². The summed E-state index contributed by atoms with van der Waals surface area (Å²) in [6.45, 7) is 2.78. The lowest BCUT2D eigenvalue weighted by Gasteiger charge is -2.36. The van der Waals surface area contributed by atoms with Gasteiger partial charge >= 0.3 is 0 Å². The first-order valence-corrected chi connectivity index (χ1v) is 11.0. The molecule has 1 fully saturated rings. The Morgan fingerprint density at radius 3 is 2.55 bits per heavy atom. The largest absolute Gasteiger partial charge is 0.496 e. The first-order chi connectivity index (χ1) is 15.2. The van der Waals surface area contributed by atoms with E-state index in [0.717, 1.165) is 4.88 Å². The second-order valence-electron chi connectivity index (χ2n) is 7.12. The molecule has 1 saturated heterocycles. The Morgan fingerprint density at radius 1 is 1.03 bits per heavy atom. The highest BCUT2D eigenvalue weighted by molar-refractivity contribution is 7.09. The minimum atomic E-state index is -0.149. The smallest absolute Gasteiger partial charge is 0.257 e. The van der Waals surface area contributed by atoms with Gasteiger partial charge in [-0.15, -0.1) is 11.3 Å². The lowest BCUT2D eigenvalue weighted by molar-refractivity contribution is 0.0742. The van der Waals surface area contributed by atoms with Crippen LogP contribution in [0.2, 0.25) is 0 Å². The number of nitrogens with zero attached hydrogens (tertiary/aromatic N) is 3. The first kappa shape index (κ1) is 20.9. The molecule has 1 N–H and O–H groups in total. The molecule has 0 spiro atoms. The van der Waals surface area contributed by atoms with Gasteiger partial charge < -0.3 is 19.9 Å². The van der Waals surface area contributed by atoms with Crippen LogP contribution in [-0.2, 0) is 6.54 Å². The van der Waals surface area contributed by atoms with E-state index in [-0.39, 0.29) is 11.8 Å². The Morgan fingerprint density at radius 2 is 1.81 bits per heavy atom. The minimum Gasteiger partial charge on any atom is -0.496 e. The summed E-state index contributed by atoms with van der Waals surface area (Å²) in [4.78, 5) is 35.2. The van der Waals surface area contributed by atoms with Gasteiger partial charge in [-0.1, -0.05) is 18.2 Å². The lowest BCUT2D eigenvalue weighted by atomic mass is 10.1. The van der Waals surface area contributed by atoms with Crippen LogP contribution in [0.4, 0.5) is 5.82 Å². The number of carbonyl (C=O) groups excluding carboxylic acids is 2. The second kappa shape index (κ2) is 9.61. The maximum atomic E-state index is 12.9. The fourth-order valence-corrected chi connectivity index (χ4v) is 4.26. The number of carbonyl (C=O) groups is 2. The van der Waals surface area contributed by atoms with Gasteiger partial charge in [0.05, 0.1) is 24.8 Å². The Bertz CT molecular complexity index is 1050. The first-order valence-electron chi connectivity index (χ1n) is 10.1. The third kappa shape index (κ3) is 4.69. The van der Waals surface area contributed by atoms with Crippen LogP contribution in [0, 0.1) is 0 Å². The minimum absolute atomic E-state index is 0.0490. The van der Waals surface area contributed by atoms with Crippen molar-refractivity contribution < 1.29 is 14.3 Å². The molecule has 1 aliphatic heterocycles. The predicted octanol–water partition coefficient (Wildman–Crippen LogP) is 3.04. The number of hydrogen-bond acceptors (Lipinski definition) is 6. The predicted molar refractivity (Wildman–Crippen MR) is 121 cm³/mol. The standard InChI is InChI=1S/C23H24N4O3S/c1-30-20-9-3-2-7-18(20)23(29)27-13-11-26(12-14-27)21-19(8-4-10-24-21)22(28)25-16-17-6-5-15-31-17/h2-10,15H,11-14,16H2,1H3,(H,25,28). The van der Waals surface area contributed by atoms with Gasteiger partial charge in [-0.05, 0) is 35.7 Å². The number of anilines is 1. The van der Waals surface area contributed by atoms with Crippen LogP contribution >= 0.6 is 11.3 Å². The van der Waals surface area contributed by atoms with E-state index in [2.05, 4.69) is 15.2 Å². The molecular formula is C23H24N4O3S. The van der Waals surface area contributed by atoms with Crippen molar-refractivity contribution >= 4 is 29.0 Å². The number of nitrogens with one attached hydrogen (secondary N) is 1. The summed E-state index contributed by atoms with van der Waals surface area (Å²) in [7, 11) is 1.57. The highest BCUT2D eigenvalue weighted by Gasteiger charge is 2.26. The number of methoxy groups -OCH3 is 1. The monoisotopic (exact) mass is 436 g/mol. The van der Waals surface area contributed by atoms with Crippen molar-refractivity contribution in [3.63, 3.8) is 0 Å². The van der Waals surface area contributed by atoms with Crippen LogP contribution in [0.3, 0.4) is 0 Å². The maximum absolute atomic E-state index is 12.9. The summed E-state index contributed by atoms with van der Waals surface area (Å²) >= 11 is 1.61. The van der Waals surface area contributed by atoms with Crippen LogP contribution in [0.1, 0.15) is 25.6 Å². The highest BCUT2D eigenvalue weighted by Crippen LogP contribution is 2.23. The molecule has 31 heavy (non-hydrogen) atoms. The van der Waals surface area contributed by atoms with Crippen LogP contribution in [0.15, 0.2) is 60.1 Å². The molecule has 8 heteroatoms. The number of pyridine rings is 1. The number of benzene rings is 1. The molecule has 2 amide bonds. The Balaban J connectivity index is 1.42. The normalized spacial score (nSPS) is 13.7. The third-order valence-corrected chi connectivity index (χ3v) is 6.11. The zero-order chi connectivity index (χ0) is 21.6. The van der Waals surface area contributed by atoms with Gasteiger partial charge in [0.25, 0.3) is 11.8 Å². The summed E-state index contributed by atoms with van der Waals surface area (Å²) in [5.41, 5.74) is 1.11. The number of aromatic nitrogens is 1. The molecule has 0 aliphatic carbocycles. The third-order valence-electron chi connectivity index (χ3n) is 5.24. The molecule has 0 unspecified atom stereocenters. The summed E-state index contributed by atoms with van der Waals surface area (Å²) < 4.78 is 5.33. The molecule has 7 nitrogen and oxygen atoms in total. The quantitative estimate of drug-likeness (QED) is 0.643. The number of hydrogen-bond donors (Lipinski definition) is 1. The topological polar surface area (TPSA) is 74.8 Å². The van der Waals surface area contributed by atoms with Crippen molar-refractivity contribution in [3.05, 3.63) is 76.1 Å². The number of thiophene rings is 1. The molecule has 2 aromatic heterocycles. The molecule has 3 heterocycles. The van der Waals surface area contributed by atoms with E-state index < -0.39 is 0 Å². The van der Waals surface area contributed by atoms with Gasteiger partial charge in [0.1, 0.15) is 11.6 Å². The Kier molecular flexibility index (Phi) is 6.47. The fraction of sp³-hybridized carbons (Fsp3) is 0.261. The molecular weight excluding hydrogens is 412 g/mol. The van der Waals surface area contributed by atoms with E-state index in [0.29, 0.717) is 55.4 Å². The molecule has 1 aromatic carbocycles. The Hall–Kier alpha value is -3.39. The van der Waals surface area contributed by atoms with Crippen molar-refractivity contribution in [1.29, 1.82) is 0 Å². The number of rotatable bonds is 6. The van der Waals surface area contributed by atoms with E-state index >= 15 is 0 Å². The SMILES string of the molecule is COc1ccccc1C(=O)N1CCN(c2ncccc2C(=O)NCc2cccs2)CC1. The van der Waals surface area contributed by atoms with Gasteiger partial charge in [0.2, 0.25) is 0 Å². The summed E-state index contributed by atoms with van der Waals surface area (Å²) in [5.74, 6) is 1.02. The fourth-order valence-electron chi connectivity index (χ4n) is 3.61. The molecule has 0 radical (unpaired) electrons. The molecule has 0 atom stereocenters. The maximum Gasteiger partial charge on any atom is 0.257 e. The number of para-hydroxylation sites is 1. The summed E-state index contributed by atoms with van der Waals surface area (Å²) in [6.07, 6.45) is 1.69. The average Bonchev–Trinajstić information content (AvgIpc) is 3.36. The second-order valence-corrected chi connectivity index (χ2v) is 8.15. The molecule has 4 rings (SSSR count). The highest BCUT2D eigenvalue weighted by atomic mass is 32.1. The van der Waals surface area contributed by atoms with Crippen molar-refractivity contribution in [1.82, 2.24) is 15.2 Å². The van der Waals surface area contributed by atoms with Gasteiger partial charge in [-0.2, -0.15) is 0 Å². The van der Waals surface area contributed by atoms with E-state index in [4.69, 9.17) is 4.74 Å². The van der Waals surface area contributed by atoms with Gasteiger partial charge in [0.15, 0.2) is 0 Å².